The summed E-state index contributed by atoms with van der Waals surface area (Å²) in [7, 11) is 0. The molecule has 1 N–H and O–H groups in total. The normalized spacial score (nSPS) is 29.9. The zero-order chi connectivity index (χ0) is 38.0. The number of carbonyl (C=O) groups excluding carboxylic acids is 4. The van der Waals surface area contributed by atoms with Gasteiger partial charge in [-0.1, -0.05) is 41.5 Å². The van der Waals surface area contributed by atoms with Gasteiger partial charge in [0.1, 0.15) is 11.2 Å². The van der Waals surface area contributed by atoms with Crippen LogP contribution in [0.1, 0.15) is 173 Å². The van der Waals surface area contributed by atoms with E-state index >= 15 is 0 Å². The van der Waals surface area contributed by atoms with E-state index < -0.39 is 28.5 Å². The average Bonchev–Trinajstić information content (AvgIpc) is 3.65. The Balaban J connectivity index is 0.000000206. The van der Waals surface area contributed by atoms with Crippen LogP contribution in [0, 0.1) is 33.5 Å². The van der Waals surface area contributed by atoms with Gasteiger partial charge >= 0.3 is 23.9 Å². The van der Waals surface area contributed by atoms with E-state index in [2.05, 4.69) is 20.8 Å². The first-order valence-corrected chi connectivity index (χ1v) is 19.4. The fraction of sp³-hybridized carbons (Fsp3) is 0.902. The highest BCUT2D eigenvalue weighted by molar-refractivity contribution is 5.82. The van der Waals surface area contributed by atoms with Crippen LogP contribution >= 0.6 is 0 Å². The number of cyclic esters (lactones) is 1. The van der Waals surface area contributed by atoms with Crippen molar-refractivity contribution in [2.24, 2.45) is 33.5 Å². The van der Waals surface area contributed by atoms with E-state index in [4.69, 9.17) is 18.9 Å². The van der Waals surface area contributed by atoms with Gasteiger partial charge in [-0.25, -0.2) is 4.79 Å². The van der Waals surface area contributed by atoms with Crippen LogP contribution in [-0.2, 0) is 38.1 Å². The van der Waals surface area contributed by atoms with Crippen molar-refractivity contribution in [3.05, 3.63) is 0 Å². The highest BCUT2D eigenvalue weighted by Crippen LogP contribution is 2.59. The van der Waals surface area contributed by atoms with Crippen molar-refractivity contribution >= 4 is 23.9 Å². The molecule has 50 heavy (non-hydrogen) atoms. The van der Waals surface area contributed by atoms with E-state index in [1.165, 1.54) is 19.3 Å². The molecular weight excluding hydrogens is 636 g/mol. The molecule has 1 saturated heterocycles. The molecule has 6 rings (SSSR count). The predicted molar refractivity (Wildman–Crippen MR) is 193 cm³/mol. The van der Waals surface area contributed by atoms with E-state index in [1.807, 2.05) is 48.5 Å². The van der Waals surface area contributed by atoms with E-state index in [-0.39, 0.29) is 39.9 Å². The van der Waals surface area contributed by atoms with Gasteiger partial charge in [0.05, 0.1) is 28.5 Å². The van der Waals surface area contributed by atoms with E-state index in [9.17, 15) is 24.3 Å². The van der Waals surface area contributed by atoms with Crippen LogP contribution in [0.2, 0.25) is 0 Å². The third-order valence-corrected chi connectivity index (χ3v) is 12.8. The topological polar surface area (TPSA) is 125 Å². The molecule has 6 aliphatic rings. The maximum absolute atomic E-state index is 12.4. The summed E-state index contributed by atoms with van der Waals surface area (Å²) in [5.41, 5.74) is -2.42. The largest absolute Gasteiger partial charge is 0.463 e. The summed E-state index contributed by atoms with van der Waals surface area (Å²) in [4.78, 5) is 47.3. The van der Waals surface area contributed by atoms with Crippen LogP contribution in [0.15, 0.2) is 0 Å². The Bertz CT molecular complexity index is 1200. The molecule has 288 valence electrons. The first-order chi connectivity index (χ1) is 22.9. The van der Waals surface area contributed by atoms with Crippen molar-refractivity contribution in [3.63, 3.8) is 0 Å². The van der Waals surface area contributed by atoms with Crippen LogP contribution in [0.3, 0.4) is 0 Å². The summed E-state index contributed by atoms with van der Waals surface area (Å²) in [6.07, 6.45) is 12.1. The Morgan fingerprint density at radius 3 is 1.60 bits per heavy atom. The molecule has 0 aromatic rings. The molecule has 6 fully saturated rings. The van der Waals surface area contributed by atoms with Crippen LogP contribution in [0.25, 0.3) is 0 Å². The Morgan fingerprint density at radius 2 is 1.20 bits per heavy atom. The molecule has 0 radical (unpaired) electrons. The van der Waals surface area contributed by atoms with Crippen molar-refractivity contribution in [2.45, 2.75) is 196 Å². The van der Waals surface area contributed by atoms with Gasteiger partial charge in [-0.05, 0) is 130 Å². The second-order valence-electron chi connectivity index (χ2n) is 19.2. The lowest BCUT2D eigenvalue weighted by atomic mass is 9.52. The van der Waals surface area contributed by atoms with E-state index in [0.29, 0.717) is 37.7 Å². The molecule has 0 aromatic carbocycles. The Kier molecular flexibility index (Phi) is 13.0. The van der Waals surface area contributed by atoms with Crippen molar-refractivity contribution in [3.8, 4) is 0 Å². The summed E-state index contributed by atoms with van der Waals surface area (Å²) in [5, 5.41) is 10.6. The van der Waals surface area contributed by atoms with Gasteiger partial charge < -0.3 is 24.1 Å². The zero-order valence-corrected chi connectivity index (χ0v) is 33.6. The Labute approximate surface area is 302 Å². The summed E-state index contributed by atoms with van der Waals surface area (Å²) in [5.74, 6) is 0.249. The molecule has 5 saturated carbocycles. The third-order valence-electron chi connectivity index (χ3n) is 12.8. The maximum atomic E-state index is 12.4. The van der Waals surface area contributed by atoms with Gasteiger partial charge in [-0.15, -0.1) is 0 Å². The molecule has 5 aliphatic carbocycles. The smallest absolute Gasteiger partial charge is 0.347 e. The quantitative estimate of drug-likeness (QED) is 0.185. The van der Waals surface area contributed by atoms with Crippen LogP contribution < -0.4 is 0 Å². The maximum Gasteiger partial charge on any atom is 0.347 e. The van der Waals surface area contributed by atoms with Gasteiger partial charge in [-0.2, -0.15) is 0 Å². The molecule has 0 aromatic heterocycles. The molecule has 4 bridgehead atoms. The van der Waals surface area contributed by atoms with Crippen LogP contribution in [-0.4, -0.2) is 58.5 Å². The SMILES string of the molecule is CCC(C)(C)C(=O)OC1(C(C)(C)C)CCCC1.CCC(C)(C)C(=O)OC12CC3CC(CC(O)(C3)C1)C2.CCC(C)(C)C(=O)OC1CCOC1=O. The highest BCUT2D eigenvalue weighted by atomic mass is 16.6. The lowest BCUT2D eigenvalue weighted by Crippen LogP contribution is -2.61. The lowest BCUT2D eigenvalue weighted by molar-refractivity contribution is -0.225. The van der Waals surface area contributed by atoms with Crippen LogP contribution in [0.5, 0.6) is 0 Å². The Hall–Kier alpha value is -2.16. The van der Waals surface area contributed by atoms with Gasteiger partial charge in [0, 0.05) is 18.3 Å². The Morgan fingerprint density at radius 1 is 0.740 bits per heavy atom. The minimum absolute atomic E-state index is 0.0307. The summed E-state index contributed by atoms with van der Waals surface area (Å²) >= 11 is 0. The molecule has 0 spiro atoms. The molecule has 1 aliphatic heterocycles. The number of ether oxygens (including phenoxy) is 4. The highest BCUT2D eigenvalue weighted by Gasteiger charge is 2.59. The minimum Gasteiger partial charge on any atom is -0.463 e. The average molecular weight is 707 g/mol. The minimum atomic E-state index is -0.687. The molecule has 0 amide bonds. The number of carbonyl (C=O) groups is 4. The van der Waals surface area contributed by atoms with Gasteiger partial charge in [-0.3, -0.25) is 14.4 Å². The number of aliphatic hydroxyl groups is 1. The summed E-state index contributed by atoms with van der Waals surface area (Å²) in [6.45, 7) is 24.3. The number of hydrogen-bond acceptors (Lipinski definition) is 9. The molecule has 9 heteroatoms. The molecule has 9 nitrogen and oxygen atoms in total. The fourth-order valence-corrected chi connectivity index (χ4v) is 8.16. The second-order valence-corrected chi connectivity index (χ2v) is 19.2. The number of hydrogen-bond donors (Lipinski definition) is 1. The molecule has 3 unspecified atom stereocenters. The first-order valence-electron chi connectivity index (χ1n) is 19.4. The summed E-state index contributed by atoms with van der Waals surface area (Å²) in [6, 6.07) is 0. The number of esters is 4. The molecule has 1 heterocycles. The monoisotopic (exact) mass is 707 g/mol. The van der Waals surface area contributed by atoms with Crippen molar-refractivity contribution in [1.82, 2.24) is 0 Å². The van der Waals surface area contributed by atoms with E-state index in [0.717, 1.165) is 51.4 Å². The zero-order valence-electron chi connectivity index (χ0n) is 33.6. The summed E-state index contributed by atoms with van der Waals surface area (Å²) < 4.78 is 21.7. The molecule has 3 atom stereocenters. The fourth-order valence-electron chi connectivity index (χ4n) is 8.16. The molecular formula is C41H70O9. The van der Waals surface area contributed by atoms with Gasteiger partial charge in [0.25, 0.3) is 0 Å². The predicted octanol–water partition coefficient (Wildman–Crippen LogP) is 8.66. The third kappa shape index (κ3) is 9.83. The van der Waals surface area contributed by atoms with Crippen LogP contribution in [0.4, 0.5) is 0 Å². The number of rotatable bonds is 9. The van der Waals surface area contributed by atoms with Crippen molar-refractivity contribution < 1.29 is 43.2 Å². The van der Waals surface area contributed by atoms with Gasteiger partial charge in [0.15, 0.2) is 0 Å². The lowest BCUT2D eigenvalue weighted by Gasteiger charge is -2.59. The van der Waals surface area contributed by atoms with Gasteiger partial charge in [0.2, 0.25) is 6.10 Å². The van der Waals surface area contributed by atoms with Crippen molar-refractivity contribution in [1.29, 1.82) is 0 Å². The van der Waals surface area contributed by atoms with E-state index in [1.54, 1.807) is 13.8 Å². The standard InChI is InChI=1S/C16H26O3.C15H28O2.C10H16O4/c1-4-14(2,3)13(17)19-16-8-11-5-12(9-16)7-15(18,6-11)10-16;1-7-14(5,6)12(16)17-15(13(2,3)4)10-8-9-11-15;1-4-10(2,3)9(12)14-7-5-6-13-8(7)11/h11-12,18H,4-10H2,1-3H3;7-11H2,1-6H3;7H,4-6H2,1-3H3. The van der Waals surface area contributed by atoms with Crippen molar-refractivity contribution in [2.75, 3.05) is 6.61 Å². The first kappa shape index (κ1) is 42.3. The second kappa shape index (κ2) is 15.4.